The van der Waals surface area contributed by atoms with Crippen molar-refractivity contribution in [3.63, 3.8) is 0 Å². The normalized spacial score (nSPS) is 15.0. The summed E-state index contributed by atoms with van der Waals surface area (Å²) in [5.41, 5.74) is -6.58. The first kappa shape index (κ1) is 30.7. The van der Waals surface area contributed by atoms with Gasteiger partial charge >= 0.3 is 12.4 Å². The van der Waals surface area contributed by atoms with Crippen molar-refractivity contribution in [1.29, 1.82) is 0 Å². The molecular formula is C31H24F8N2O. The molecule has 1 aromatic heterocycles. The third kappa shape index (κ3) is 6.14. The zero-order valence-corrected chi connectivity index (χ0v) is 22.0. The number of aromatic nitrogens is 1. The summed E-state index contributed by atoms with van der Waals surface area (Å²) in [6.45, 7) is -0.0464. The van der Waals surface area contributed by atoms with E-state index < -0.39 is 52.8 Å². The molecule has 11 heteroatoms. The second kappa shape index (κ2) is 11.5. The molecule has 0 aliphatic rings. The Balaban J connectivity index is 1.92. The Morgan fingerprint density at radius 2 is 1.33 bits per heavy atom. The predicted molar refractivity (Wildman–Crippen MR) is 139 cm³/mol. The molecule has 2 atom stereocenters. The molecule has 1 heterocycles. The first-order valence-electron chi connectivity index (χ1n) is 12.6. The lowest BCUT2D eigenvalue weighted by Gasteiger charge is -2.37. The Bertz CT molecular complexity index is 1520. The monoisotopic (exact) mass is 592 g/mol. The summed E-state index contributed by atoms with van der Waals surface area (Å²) in [5.74, 6) is -3.55. The van der Waals surface area contributed by atoms with Gasteiger partial charge in [0, 0.05) is 6.54 Å². The highest BCUT2D eigenvalue weighted by molar-refractivity contribution is 5.89. The fourth-order valence-electron chi connectivity index (χ4n) is 4.83. The van der Waals surface area contributed by atoms with Crippen LogP contribution in [0.25, 0.3) is 0 Å². The molecule has 0 saturated heterocycles. The largest absolute Gasteiger partial charge is 0.416 e. The van der Waals surface area contributed by atoms with Crippen molar-refractivity contribution in [3.05, 3.63) is 137 Å². The van der Waals surface area contributed by atoms with Crippen molar-refractivity contribution in [2.45, 2.75) is 36.5 Å². The second-order valence-electron chi connectivity index (χ2n) is 10.0. The van der Waals surface area contributed by atoms with Gasteiger partial charge in [-0.25, -0.2) is 8.78 Å². The maximum atomic E-state index is 14.8. The Morgan fingerprint density at radius 1 is 0.738 bits per heavy atom. The predicted octanol–water partition coefficient (Wildman–Crippen LogP) is 7.54. The van der Waals surface area contributed by atoms with Crippen molar-refractivity contribution >= 4 is 5.91 Å². The Morgan fingerprint density at radius 3 is 1.88 bits per heavy atom. The van der Waals surface area contributed by atoms with Gasteiger partial charge in [0.15, 0.2) is 5.41 Å². The zero-order chi connectivity index (χ0) is 30.8. The third-order valence-corrected chi connectivity index (χ3v) is 7.27. The molecule has 0 unspecified atom stereocenters. The number of hydrogen-bond acceptors (Lipinski definition) is 2. The molecule has 3 aromatic carbocycles. The van der Waals surface area contributed by atoms with Crippen LogP contribution in [-0.4, -0.2) is 23.6 Å². The molecule has 42 heavy (non-hydrogen) atoms. The first-order valence-corrected chi connectivity index (χ1v) is 12.6. The molecule has 4 aromatic rings. The number of nitrogens with zero attached hydrogens (tertiary/aromatic N) is 1. The van der Waals surface area contributed by atoms with E-state index in [9.17, 15) is 39.9 Å². The van der Waals surface area contributed by atoms with E-state index in [0.29, 0.717) is 18.6 Å². The number of hydrogen-bond donors (Lipinski definition) is 1. The van der Waals surface area contributed by atoms with Gasteiger partial charge in [-0.15, -0.1) is 0 Å². The van der Waals surface area contributed by atoms with Crippen LogP contribution >= 0.6 is 0 Å². The Hall–Kier alpha value is -4.28. The van der Waals surface area contributed by atoms with Gasteiger partial charge in [-0.3, -0.25) is 9.78 Å². The second-order valence-corrected chi connectivity index (χ2v) is 10.0. The first-order chi connectivity index (χ1) is 19.7. The van der Waals surface area contributed by atoms with E-state index in [1.54, 1.807) is 30.3 Å². The number of amides is 1. The summed E-state index contributed by atoms with van der Waals surface area (Å²) in [4.78, 5) is 17.5. The minimum atomic E-state index is -5.07. The van der Waals surface area contributed by atoms with Gasteiger partial charge < -0.3 is 5.32 Å². The van der Waals surface area contributed by atoms with Gasteiger partial charge in [0.2, 0.25) is 5.91 Å². The van der Waals surface area contributed by atoms with E-state index in [1.807, 2.05) is 0 Å². The highest BCUT2D eigenvalue weighted by atomic mass is 19.4. The van der Waals surface area contributed by atoms with E-state index >= 15 is 0 Å². The van der Waals surface area contributed by atoms with Gasteiger partial charge in [-0.05, 0) is 60.4 Å². The highest BCUT2D eigenvalue weighted by Gasteiger charge is 2.58. The highest BCUT2D eigenvalue weighted by Crippen LogP contribution is 2.43. The smallest absolute Gasteiger partial charge is 0.354 e. The number of carbonyl (C=O) groups is 1. The molecule has 3 nitrogen and oxygen atoms in total. The third-order valence-electron chi connectivity index (χ3n) is 7.27. The van der Waals surface area contributed by atoms with Crippen molar-refractivity contribution in [2.75, 3.05) is 6.54 Å². The van der Waals surface area contributed by atoms with Crippen molar-refractivity contribution in [2.24, 2.45) is 0 Å². The summed E-state index contributed by atoms with van der Waals surface area (Å²) in [7, 11) is 0. The topological polar surface area (TPSA) is 42.0 Å². The van der Waals surface area contributed by atoms with Crippen LogP contribution in [-0.2, 0) is 28.2 Å². The van der Waals surface area contributed by atoms with Crippen LogP contribution in [0.5, 0.6) is 0 Å². The van der Waals surface area contributed by atoms with Gasteiger partial charge in [0.25, 0.3) is 0 Å². The van der Waals surface area contributed by atoms with Gasteiger partial charge in [-0.2, -0.15) is 26.3 Å². The van der Waals surface area contributed by atoms with Crippen LogP contribution in [0.15, 0.2) is 97.2 Å². The Labute approximate surface area is 236 Å². The van der Waals surface area contributed by atoms with Crippen molar-refractivity contribution in [1.82, 2.24) is 10.3 Å². The Kier molecular flexibility index (Phi) is 8.43. The van der Waals surface area contributed by atoms with Crippen molar-refractivity contribution < 1.29 is 39.9 Å². The van der Waals surface area contributed by atoms with Gasteiger partial charge in [0.1, 0.15) is 11.6 Å². The van der Waals surface area contributed by atoms with Crippen LogP contribution in [0.1, 0.15) is 34.9 Å². The quantitative estimate of drug-likeness (QED) is 0.215. The summed E-state index contributed by atoms with van der Waals surface area (Å²) in [6.07, 6.45) is -9.50. The summed E-state index contributed by atoms with van der Waals surface area (Å²) >= 11 is 0. The number of nitrogens with one attached hydrogen (secondary N) is 1. The molecule has 0 spiro atoms. The molecule has 0 aliphatic heterocycles. The standard InChI is InChI=1S/C31H24F8N2O/c1-28(31(37,38)39,21-10-6-3-7-11-21)27(42)41-19-29(17-20-8-4-2-5-9-20,26-13-12-24(32)18-40-26)22-14-23(30(34,35)36)16-25(33)15-22/h2-16,18H,17,19H2,1H3,(H,41,42)/t28-,29-/m1/s1. The van der Waals surface area contributed by atoms with Crippen LogP contribution in [0.4, 0.5) is 35.1 Å². The SMILES string of the molecule is C[C@](C(=O)NC[C@](Cc1ccccc1)(c1cc(F)cc(C(F)(F)F)c1)c1ccc(F)cn1)(c1ccccc1)C(F)(F)F. The number of alkyl halides is 6. The molecule has 0 bridgehead atoms. The number of benzene rings is 3. The van der Waals surface area contributed by atoms with Gasteiger partial charge in [0.05, 0.1) is 22.9 Å². The molecular weight excluding hydrogens is 568 g/mol. The molecule has 4 rings (SSSR count). The maximum Gasteiger partial charge on any atom is 0.416 e. The zero-order valence-electron chi connectivity index (χ0n) is 22.0. The van der Waals surface area contributed by atoms with Crippen LogP contribution < -0.4 is 5.32 Å². The molecule has 1 amide bonds. The number of carbonyl (C=O) groups excluding carboxylic acids is 1. The van der Waals surface area contributed by atoms with Crippen LogP contribution in [0.3, 0.4) is 0 Å². The number of pyridine rings is 1. The lowest BCUT2D eigenvalue weighted by atomic mass is 9.71. The van der Waals surface area contributed by atoms with Crippen LogP contribution in [0.2, 0.25) is 0 Å². The summed E-state index contributed by atoms with van der Waals surface area (Å²) in [6, 6.07) is 18.4. The molecule has 220 valence electrons. The number of halogens is 8. The molecule has 0 radical (unpaired) electrons. The average molecular weight is 593 g/mol. The fourth-order valence-corrected chi connectivity index (χ4v) is 4.83. The molecule has 0 fully saturated rings. The molecule has 0 aliphatic carbocycles. The van der Waals surface area contributed by atoms with Crippen molar-refractivity contribution in [3.8, 4) is 0 Å². The van der Waals surface area contributed by atoms with E-state index in [1.165, 1.54) is 18.2 Å². The van der Waals surface area contributed by atoms with Crippen LogP contribution in [0, 0.1) is 11.6 Å². The van der Waals surface area contributed by atoms with E-state index in [4.69, 9.17) is 0 Å². The molecule has 1 N–H and O–H groups in total. The maximum absolute atomic E-state index is 14.8. The minimum Gasteiger partial charge on any atom is -0.354 e. The van der Waals surface area contributed by atoms with E-state index in [0.717, 1.165) is 36.5 Å². The summed E-state index contributed by atoms with van der Waals surface area (Å²) < 4.78 is 113. The number of rotatable bonds is 8. The lowest BCUT2D eigenvalue weighted by molar-refractivity contribution is -0.191. The van der Waals surface area contributed by atoms with E-state index in [-0.39, 0.29) is 29.3 Å². The molecule has 0 saturated carbocycles. The van der Waals surface area contributed by atoms with Gasteiger partial charge in [-0.1, -0.05) is 60.7 Å². The lowest BCUT2D eigenvalue weighted by Crippen LogP contribution is -2.55. The van der Waals surface area contributed by atoms with E-state index in [2.05, 4.69) is 10.3 Å². The average Bonchev–Trinajstić information content (AvgIpc) is 2.94. The summed E-state index contributed by atoms with van der Waals surface area (Å²) in [5, 5.41) is 2.28. The minimum absolute atomic E-state index is 0.0970. The fraction of sp³-hybridized carbons (Fsp3) is 0.226.